The molecule has 0 spiro atoms. The number of hydrogen-bond donors (Lipinski definition) is 2. The van der Waals surface area contributed by atoms with Crippen LogP contribution in [-0.4, -0.2) is 122 Å². The molecule has 4 aromatic heterocycles. The number of carbonyl (C=O) groups is 2. The van der Waals surface area contributed by atoms with Crippen molar-refractivity contribution in [3.8, 4) is 0 Å². The summed E-state index contributed by atoms with van der Waals surface area (Å²) < 4.78 is 16.9. The number of aromatic nitrogens is 2. The Bertz CT molecular complexity index is 2020. The fraction of sp³-hybridized carbons (Fsp3) is 0.667. The SMILES string of the molecule is COC1CCC(C(CC(=O)NC2CCC(CCN3CCN(c4nccc5occc45)CC3)CC2)C(=O)NC2CCC(CCN3CCN(c4nccc5occc45)CC3)CC2)C1. The van der Waals surface area contributed by atoms with Gasteiger partial charge in [0.1, 0.15) is 22.8 Å². The molecule has 61 heavy (non-hydrogen) atoms. The first-order valence-electron chi connectivity index (χ1n) is 23.7. The second-order valence-electron chi connectivity index (χ2n) is 18.9. The van der Waals surface area contributed by atoms with E-state index in [4.69, 9.17) is 13.6 Å². The highest BCUT2D eigenvalue weighted by Gasteiger charge is 2.38. The van der Waals surface area contributed by atoms with Gasteiger partial charge >= 0.3 is 0 Å². The van der Waals surface area contributed by atoms with E-state index in [2.05, 4.69) is 40.2 Å². The van der Waals surface area contributed by atoms with Crippen LogP contribution in [0.25, 0.3) is 21.9 Å². The molecular formula is C48H68N8O5. The van der Waals surface area contributed by atoms with E-state index >= 15 is 0 Å². The summed E-state index contributed by atoms with van der Waals surface area (Å²) in [7, 11) is 1.77. The Morgan fingerprint density at radius 3 is 1.67 bits per heavy atom. The summed E-state index contributed by atoms with van der Waals surface area (Å²) in [6.07, 6.45) is 21.5. The zero-order valence-corrected chi connectivity index (χ0v) is 36.4. The molecule has 9 rings (SSSR count). The third kappa shape index (κ3) is 10.4. The average Bonchev–Trinajstić information content (AvgIpc) is 4.10. The molecule has 2 aliphatic heterocycles. The molecule has 13 nitrogen and oxygen atoms in total. The van der Waals surface area contributed by atoms with E-state index in [-0.39, 0.29) is 48.3 Å². The Balaban J connectivity index is 0.675. The van der Waals surface area contributed by atoms with Crippen molar-refractivity contribution in [2.75, 3.05) is 82.4 Å². The van der Waals surface area contributed by atoms with Crippen molar-refractivity contribution in [1.29, 1.82) is 0 Å². The van der Waals surface area contributed by atoms with Crippen molar-refractivity contribution in [3.05, 3.63) is 49.2 Å². The van der Waals surface area contributed by atoms with Crippen molar-refractivity contribution in [1.82, 2.24) is 30.4 Å². The molecule has 3 atom stereocenters. The van der Waals surface area contributed by atoms with Crippen molar-refractivity contribution >= 4 is 45.4 Å². The molecule has 0 aromatic carbocycles. The van der Waals surface area contributed by atoms with Gasteiger partial charge < -0.3 is 34.0 Å². The molecule has 2 amide bonds. The van der Waals surface area contributed by atoms with Gasteiger partial charge in [-0.1, -0.05) is 0 Å². The summed E-state index contributed by atoms with van der Waals surface area (Å²) in [6.45, 7) is 10.4. The Labute approximate surface area is 361 Å². The topological polar surface area (TPSA) is 132 Å². The third-order valence-electron chi connectivity index (χ3n) is 15.2. The van der Waals surface area contributed by atoms with Gasteiger partial charge in [-0.25, -0.2) is 9.97 Å². The summed E-state index contributed by atoms with van der Waals surface area (Å²) in [5, 5.41) is 9.03. The lowest BCUT2D eigenvalue weighted by Gasteiger charge is -2.37. The van der Waals surface area contributed by atoms with Crippen LogP contribution in [0.1, 0.15) is 89.9 Å². The number of anilines is 2. The number of methoxy groups -OCH3 is 1. The van der Waals surface area contributed by atoms with Gasteiger partial charge in [-0.3, -0.25) is 19.4 Å². The number of carbonyl (C=O) groups excluding carboxylic acids is 2. The first-order valence-corrected chi connectivity index (χ1v) is 23.7. The van der Waals surface area contributed by atoms with Gasteiger partial charge in [-0.05, 0) is 139 Å². The van der Waals surface area contributed by atoms with E-state index in [9.17, 15) is 9.59 Å². The number of nitrogens with zero attached hydrogens (tertiary/aromatic N) is 6. The van der Waals surface area contributed by atoms with Gasteiger partial charge in [0.05, 0.1) is 29.4 Å². The van der Waals surface area contributed by atoms with Gasteiger partial charge in [-0.15, -0.1) is 0 Å². The minimum atomic E-state index is -0.299. The molecule has 2 N–H and O–H groups in total. The van der Waals surface area contributed by atoms with Crippen LogP contribution in [0.4, 0.5) is 11.6 Å². The molecule has 0 radical (unpaired) electrons. The van der Waals surface area contributed by atoms with Crippen molar-refractivity contribution in [2.24, 2.45) is 23.7 Å². The fourth-order valence-corrected chi connectivity index (χ4v) is 11.4. The summed E-state index contributed by atoms with van der Waals surface area (Å²) in [5.41, 5.74) is 1.80. The molecule has 0 bridgehead atoms. The van der Waals surface area contributed by atoms with Crippen LogP contribution in [-0.2, 0) is 14.3 Å². The molecule has 13 heteroatoms. The lowest BCUT2D eigenvalue weighted by molar-refractivity contribution is -0.133. The van der Waals surface area contributed by atoms with Crippen LogP contribution in [0.3, 0.4) is 0 Å². The number of amides is 2. The van der Waals surface area contributed by atoms with Crippen molar-refractivity contribution < 1.29 is 23.2 Å². The minimum Gasteiger partial charge on any atom is -0.464 e. The predicted molar refractivity (Wildman–Crippen MR) is 239 cm³/mol. The molecule has 6 heterocycles. The fourth-order valence-electron chi connectivity index (χ4n) is 11.4. The molecule has 3 aliphatic carbocycles. The summed E-state index contributed by atoms with van der Waals surface area (Å²) in [5.74, 6) is 3.48. The van der Waals surface area contributed by atoms with Crippen LogP contribution in [0.5, 0.6) is 0 Å². The third-order valence-corrected chi connectivity index (χ3v) is 15.2. The second kappa shape index (κ2) is 19.9. The second-order valence-corrected chi connectivity index (χ2v) is 18.9. The highest BCUT2D eigenvalue weighted by atomic mass is 16.5. The first kappa shape index (κ1) is 42.1. The first-order chi connectivity index (χ1) is 30.0. The monoisotopic (exact) mass is 837 g/mol. The molecule has 3 unspecified atom stereocenters. The van der Waals surface area contributed by atoms with Gasteiger partial charge in [0.25, 0.3) is 0 Å². The smallest absolute Gasteiger partial charge is 0.224 e. The maximum Gasteiger partial charge on any atom is 0.224 e. The van der Waals surface area contributed by atoms with Crippen molar-refractivity contribution in [3.63, 3.8) is 0 Å². The molecule has 5 fully saturated rings. The van der Waals surface area contributed by atoms with E-state index in [1.54, 1.807) is 19.6 Å². The van der Waals surface area contributed by atoms with Crippen LogP contribution in [0, 0.1) is 23.7 Å². The molecule has 3 saturated carbocycles. The lowest BCUT2D eigenvalue weighted by Crippen LogP contribution is -2.47. The zero-order chi connectivity index (χ0) is 41.5. The molecule has 330 valence electrons. The lowest BCUT2D eigenvalue weighted by atomic mass is 9.82. The number of fused-ring (bicyclic) bond motifs is 2. The number of pyridine rings is 2. The van der Waals surface area contributed by atoms with E-state index in [1.807, 2.05) is 36.7 Å². The number of ether oxygens (including phenoxy) is 1. The Morgan fingerprint density at radius 2 is 1.18 bits per heavy atom. The number of piperazine rings is 2. The quantitative estimate of drug-likeness (QED) is 0.130. The Kier molecular flexibility index (Phi) is 13.7. The number of furan rings is 2. The van der Waals surface area contributed by atoms with E-state index in [0.717, 1.165) is 170 Å². The van der Waals surface area contributed by atoms with Crippen LogP contribution >= 0.6 is 0 Å². The Morgan fingerprint density at radius 1 is 0.672 bits per heavy atom. The van der Waals surface area contributed by atoms with Crippen LogP contribution < -0.4 is 20.4 Å². The number of rotatable bonds is 15. The van der Waals surface area contributed by atoms with E-state index < -0.39 is 0 Å². The highest BCUT2D eigenvalue weighted by Crippen LogP contribution is 2.37. The summed E-state index contributed by atoms with van der Waals surface area (Å²) in [6, 6.07) is 8.31. The van der Waals surface area contributed by atoms with E-state index in [0.29, 0.717) is 11.8 Å². The predicted octanol–water partition coefficient (Wildman–Crippen LogP) is 6.86. The van der Waals surface area contributed by atoms with Crippen molar-refractivity contribution in [2.45, 2.75) is 108 Å². The molecule has 5 aliphatic rings. The van der Waals surface area contributed by atoms with Crippen LogP contribution in [0.15, 0.2) is 58.0 Å². The zero-order valence-electron chi connectivity index (χ0n) is 36.4. The Hall–Kier alpha value is -4.20. The minimum absolute atomic E-state index is 0.0438. The van der Waals surface area contributed by atoms with Crippen LogP contribution in [0.2, 0.25) is 0 Å². The van der Waals surface area contributed by atoms with E-state index in [1.165, 1.54) is 12.8 Å². The summed E-state index contributed by atoms with van der Waals surface area (Å²) >= 11 is 0. The molecule has 2 saturated heterocycles. The van der Waals surface area contributed by atoms with Gasteiger partial charge in [-0.2, -0.15) is 0 Å². The largest absolute Gasteiger partial charge is 0.464 e. The maximum atomic E-state index is 14.0. The number of hydrogen-bond acceptors (Lipinski definition) is 11. The normalized spacial score (nSPS) is 27.4. The molecule has 4 aromatic rings. The number of nitrogens with one attached hydrogen (secondary N) is 2. The highest BCUT2D eigenvalue weighted by molar-refractivity contribution is 5.89. The van der Waals surface area contributed by atoms with Gasteiger partial charge in [0, 0.05) is 96.3 Å². The van der Waals surface area contributed by atoms with Gasteiger partial charge in [0.15, 0.2) is 0 Å². The van der Waals surface area contributed by atoms with Gasteiger partial charge in [0.2, 0.25) is 11.8 Å². The summed E-state index contributed by atoms with van der Waals surface area (Å²) in [4.78, 5) is 47.0. The molecular weight excluding hydrogens is 769 g/mol. The standard InChI is InChI=1S/C48H68N8O5/c1-59-39-11-6-36(32-39)42(48(58)52-38-9-4-35(5-10-38)15-21-54-24-28-56(29-25-54)47-41-17-31-61-44(41)13-19-50-47)33-45(57)51-37-7-2-34(3-8-37)14-20-53-22-26-55(27-23-53)46-40-16-30-60-43(40)12-18-49-46/h12-13,16-19,30-31,34-39,42H,2-11,14-15,20-29,32-33H2,1H3,(H,51,57)(H,52,58). The average molecular weight is 837 g/mol. The maximum absolute atomic E-state index is 14.0.